The zero-order valence-electron chi connectivity index (χ0n) is 9.91. The van der Waals surface area contributed by atoms with E-state index in [4.69, 9.17) is 11.6 Å². The SMILES string of the molecule is CC(O)(c1ccccc1Cl)C1(C#N)CCCC1. The van der Waals surface area contributed by atoms with Gasteiger partial charge in [0.15, 0.2) is 0 Å². The maximum Gasteiger partial charge on any atom is 0.107 e. The van der Waals surface area contributed by atoms with Crippen molar-refractivity contribution >= 4 is 11.6 Å². The van der Waals surface area contributed by atoms with E-state index in [1.165, 1.54) is 0 Å². The lowest BCUT2D eigenvalue weighted by Gasteiger charge is -2.38. The van der Waals surface area contributed by atoms with Crippen LogP contribution in [-0.2, 0) is 5.60 Å². The number of aliphatic hydroxyl groups is 1. The second kappa shape index (κ2) is 4.33. The molecule has 2 rings (SSSR count). The van der Waals surface area contributed by atoms with Crippen molar-refractivity contribution < 1.29 is 5.11 Å². The Morgan fingerprint density at radius 2 is 1.94 bits per heavy atom. The average molecular weight is 250 g/mol. The van der Waals surface area contributed by atoms with Crippen molar-refractivity contribution in [2.45, 2.75) is 38.2 Å². The summed E-state index contributed by atoms with van der Waals surface area (Å²) in [5.41, 5.74) is -1.22. The quantitative estimate of drug-likeness (QED) is 0.870. The molecule has 1 aliphatic carbocycles. The Balaban J connectivity index is 2.49. The third-order valence-electron chi connectivity index (χ3n) is 4.00. The summed E-state index contributed by atoms with van der Waals surface area (Å²) >= 11 is 6.14. The van der Waals surface area contributed by atoms with E-state index in [1.54, 1.807) is 19.1 Å². The summed E-state index contributed by atoms with van der Waals surface area (Å²) in [5.74, 6) is 0. The molecule has 1 atom stereocenters. The topological polar surface area (TPSA) is 44.0 Å². The van der Waals surface area contributed by atoms with Gasteiger partial charge in [0.1, 0.15) is 5.60 Å². The zero-order chi connectivity index (χ0) is 12.5. The third kappa shape index (κ3) is 1.84. The van der Waals surface area contributed by atoms with Crippen LogP contribution in [0, 0.1) is 16.7 Å². The van der Waals surface area contributed by atoms with Crippen LogP contribution in [0.15, 0.2) is 24.3 Å². The number of benzene rings is 1. The molecule has 0 aromatic heterocycles. The second-order valence-electron chi connectivity index (χ2n) is 4.95. The fraction of sp³-hybridized carbons (Fsp3) is 0.500. The van der Waals surface area contributed by atoms with E-state index in [2.05, 4.69) is 6.07 Å². The summed E-state index contributed by atoms with van der Waals surface area (Å²) in [4.78, 5) is 0. The van der Waals surface area contributed by atoms with E-state index in [0.29, 0.717) is 10.6 Å². The first kappa shape index (κ1) is 12.4. The molecule has 3 heteroatoms. The Kier molecular flexibility index (Phi) is 3.16. The van der Waals surface area contributed by atoms with Crippen LogP contribution in [0.2, 0.25) is 5.02 Å². The predicted molar refractivity (Wildman–Crippen MR) is 67.5 cm³/mol. The molecule has 1 saturated carbocycles. The lowest BCUT2D eigenvalue weighted by atomic mass is 9.69. The van der Waals surface area contributed by atoms with E-state index >= 15 is 0 Å². The zero-order valence-corrected chi connectivity index (χ0v) is 10.7. The molecule has 0 amide bonds. The number of nitriles is 1. The number of nitrogens with zero attached hydrogens (tertiary/aromatic N) is 1. The van der Waals surface area contributed by atoms with Crippen molar-refractivity contribution in [3.05, 3.63) is 34.9 Å². The predicted octanol–water partition coefficient (Wildman–Crippen LogP) is 3.63. The first-order valence-corrected chi connectivity index (χ1v) is 6.30. The van der Waals surface area contributed by atoms with Gasteiger partial charge in [-0.1, -0.05) is 42.6 Å². The molecule has 1 aliphatic rings. The van der Waals surface area contributed by atoms with Gasteiger partial charge in [-0.15, -0.1) is 0 Å². The molecule has 1 aromatic rings. The minimum absolute atomic E-state index is 0.527. The highest BCUT2D eigenvalue weighted by Gasteiger charge is 2.51. The largest absolute Gasteiger partial charge is 0.384 e. The highest BCUT2D eigenvalue weighted by atomic mass is 35.5. The molecule has 0 heterocycles. The van der Waals surface area contributed by atoms with E-state index < -0.39 is 11.0 Å². The summed E-state index contributed by atoms with van der Waals surface area (Å²) in [6.45, 7) is 1.71. The first-order chi connectivity index (χ1) is 8.03. The van der Waals surface area contributed by atoms with Gasteiger partial charge in [-0.05, 0) is 25.8 Å². The van der Waals surface area contributed by atoms with Gasteiger partial charge in [0.25, 0.3) is 0 Å². The lowest BCUT2D eigenvalue weighted by Crippen LogP contribution is -2.40. The van der Waals surface area contributed by atoms with E-state index in [1.807, 2.05) is 12.1 Å². The van der Waals surface area contributed by atoms with Crippen LogP contribution in [0.1, 0.15) is 38.2 Å². The van der Waals surface area contributed by atoms with Gasteiger partial charge in [0.05, 0.1) is 11.5 Å². The Bertz CT molecular complexity index is 456. The molecule has 1 N–H and O–H groups in total. The van der Waals surface area contributed by atoms with Crippen molar-refractivity contribution in [3.63, 3.8) is 0 Å². The summed E-state index contributed by atoms with van der Waals surface area (Å²) < 4.78 is 0. The molecule has 1 fully saturated rings. The summed E-state index contributed by atoms with van der Waals surface area (Å²) in [7, 11) is 0. The van der Waals surface area contributed by atoms with Gasteiger partial charge < -0.3 is 5.11 Å². The number of rotatable bonds is 2. The van der Waals surface area contributed by atoms with Gasteiger partial charge in [0, 0.05) is 10.6 Å². The molecule has 1 unspecified atom stereocenters. The molecule has 0 saturated heterocycles. The molecule has 2 nitrogen and oxygen atoms in total. The van der Waals surface area contributed by atoms with Crippen LogP contribution in [-0.4, -0.2) is 5.11 Å². The molecular weight excluding hydrogens is 234 g/mol. The smallest absolute Gasteiger partial charge is 0.107 e. The maximum absolute atomic E-state index is 10.8. The molecule has 1 aromatic carbocycles. The Hall–Kier alpha value is -1.04. The van der Waals surface area contributed by atoms with Crippen LogP contribution in [0.25, 0.3) is 0 Å². The summed E-state index contributed by atoms with van der Waals surface area (Å²) in [6.07, 6.45) is 3.46. The van der Waals surface area contributed by atoms with Gasteiger partial charge in [-0.25, -0.2) is 0 Å². The highest BCUT2D eigenvalue weighted by Crippen LogP contribution is 2.51. The van der Waals surface area contributed by atoms with Crippen LogP contribution < -0.4 is 0 Å². The van der Waals surface area contributed by atoms with Gasteiger partial charge in [-0.3, -0.25) is 0 Å². The van der Waals surface area contributed by atoms with Crippen LogP contribution in [0.4, 0.5) is 0 Å². The molecule has 0 aliphatic heterocycles. The van der Waals surface area contributed by atoms with E-state index in [0.717, 1.165) is 25.7 Å². The third-order valence-corrected chi connectivity index (χ3v) is 4.33. The van der Waals surface area contributed by atoms with Crippen molar-refractivity contribution in [2.75, 3.05) is 0 Å². The Morgan fingerprint density at radius 3 is 2.47 bits per heavy atom. The van der Waals surface area contributed by atoms with Crippen molar-refractivity contribution in [1.82, 2.24) is 0 Å². The molecule has 0 bridgehead atoms. The minimum atomic E-state index is -1.18. The van der Waals surface area contributed by atoms with Gasteiger partial charge in [0.2, 0.25) is 0 Å². The number of halogens is 1. The number of hydrogen-bond acceptors (Lipinski definition) is 2. The highest BCUT2D eigenvalue weighted by molar-refractivity contribution is 6.31. The molecule has 0 radical (unpaired) electrons. The second-order valence-corrected chi connectivity index (χ2v) is 5.36. The standard InChI is InChI=1S/C14H16ClNO/c1-13(17,11-6-2-3-7-12(11)15)14(10-16)8-4-5-9-14/h2-3,6-7,17H,4-5,8-9H2,1H3. The number of hydrogen-bond donors (Lipinski definition) is 1. The van der Waals surface area contributed by atoms with Crippen LogP contribution >= 0.6 is 11.6 Å². The molecule has 0 spiro atoms. The van der Waals surface area contributed by atoms with Crippen molar-refractivity contribution in [3.8, 4) is 6.07 Å². The first-order valence-electron chi connectivity index (χ1n) is 5.92. The molecule has 17 heavy (non-hydrogen) atoms. The summed E-state index contributed by atoms with van der Waals surface area (Å²) in [5, 5.41) is 20.8. The maximum atomic E-state index is 10.8. The van der Waals surface area contributed by atoms with Crippen LogP contribution in [0.5, 0.6) is 0 Å². The minimum Gasteiger partial charge on any atom is -0.384 e. The lowest BCUT2D eigenvalue weighted by molar-refractivity contribution is -0.0421. The molecule has 90 valence electrons. The van der Waals surface area contributed by atoms with Gasteiger partial charge >= 0.3 is 0 Å². The van der Waals surface area contributed by atoms with Crippen molar-refractivity contribution in [2.24, 2.45) is 5.41 Å². The van der Waals surface area contributed by atoms with E-state index in [-0.39, 0.29) is 0 Å². The van der Waals surface area contributed by atoms with Crippen molar-refractivity contribution in [1.29, 1.82) is 5.26 Å². The summed E-state index contributed by atoms with van der Waals surface area (Å²) in [6, 6.07) is 9.57. The molecular formula is C14H16ClNO. The Morgan fingerprint density at radius 1 is 1.35 bits per heavy atom. The monoisotopic (exact) mass is 249 g/mol. The fourth-order valence-electron chi connectivity index (χ4n) is 2.80. The average Bonchev–Trinajstić information content (AvgIpc) is 2.79. The van der Waals surface area contributed by atoms with Crippen LogP contribution in [0.3, 0.4) is 0 Å². The normalized spacial score (nSPS) is 21.8. The fourth-order valence-corrected chi connectivity index (χ4v) is 3.12. The Labute approximate surface area is 107 Å². The van der Waals surface area contributed by atoms with Gasteiger partial charge in [-0.2, -0.15) is 5.26 Å². The van der Waals surface area contributed by atoms with E-state index in [9.17, 15) is 10.4 Å².